The molecule has 0 saturated carbocycles. The molecule has 0 N–H and O–H groups in total. The van der Waals surface area contributed by atoms with Crippen molar-refractivity contribution in [3.63, 3.8) is 0 Å². The number of hydrogen-bond acceptors (Lipinski definition) is 2. The molecule has 2 aliphatic rings. The third-order valence-corrected chi connectivity index (χ3v) is 6.25. The van der Waals surface area contributed by atoms with Gasteiger partial charge in [0.2, 0.25) is 5.91 Å². The summed E-state index contributed by atoms with van der Waals surface area (Å²) < 4.78 is 0. The standard InChI is InChI=1S/C24H30N2O/c27-23(14-13-21-9-3-1-4-10-21)26-18-8-16-24(26)15-7-17-25(20-24)19-22-11-5-2-6-12-22/h1-6,9-12H,7-8,13-20H2. The average molecular weight is 363 g/mol. The van der Waals surface area contributed by atoms with E-state index in [9.17, 15) is 4.79 Å². The van der Waals surface area contributed by atoms with E-state index in [-0.39, 0.29) is 5.54 Å². The van der Waals surface area contributed by atoms with Crippen molar-refractivity contribution < 1.29 is 4.79 Å². The number of carbonyl (C=O) groups is 1. The van der Waals surface area contributed by atoms with Gasteiger partial charge in [0.05, 0.1) is 5.54 Å². The molecule has 2 heterocycles. The summed E-state index contributed by atoms with van der Waals surface area (Å²) in [6.45, 7) is 4.10. The molecule has 1 spiro atoms. The second-order valence-electron chi connectivity index (χ2n) is 8.16. The quantitative estimate of drug-likeness (QED) is 0.793. The van der Waals surface area contributed by atoms with Crippen molar-refractivity contribution in [2.45, 2.75) is 50.6 Å². The molecule has 2 aromatic rings. The van der Waals surface area contributed by atoms with E-state index in [2.05, 4.69) is 64.4 Å². The maximum absolute atomic E-state index is 13.1. The van der Waals surface area contributed by atoms with Gasteiger partial charge < -0.3 is 4.90 Å². The number of benzene rings is 2. The highest BCUT2D eigenvalue weighted by atomic mass is 16.2. The minimum atomic E-state index is 0.0702. The van der Waals surface area contributed by atoms with Gasteiger partial charge in [-0.1, -0.05) is 60.7 Å². The number of amides is 1. The van der Waals surface area contributed by atoms with Gasteiger partial charge in [-0.2, -0.15) is 0 Å². The highest BCUT2D eigenvalue weighted by molar-refractivity contribution is 5.77. The molecule has 2 saturated heterocycles. The van der Waals surface area contributed by atoms with E-state index in [1.165, 1.54) is 17.5 Å². The number of nitrogens with zero attached hydrogens (tertiary/aromatic N) is 2. The fourth-order valence-corrected chi connectivity index (χ4v) is 4.97. The molecule has 2 aromatic carbocycles. The Kier molecular flexibility index (Phi) is 5.58. The molecular formula is C24H30N2O. The summed E-state index contributed by atoms with van der Waals surface area (Å²) in [4.78, 5) is 17.9. The molecule has 0 aromatic heterocycles. The molecule has 1 amide bonds. The number of hydrogen-bond donors (Lipinski definition) is 0. The van der Waals surface area contributed by atoms with E-state index >= 15 is 0 Å². The van der Waals surface area contributed by atoms with E-state index in [1.807, 2.05) is 6.07 Å². The van der Waals surface area contributed by atoms with Crippen molar-refractivity contribution in [2.24, 2.45) is 0 Å². The molecule has 0 aliphatic carbocycles. The summed E-state index contributed by atoms with van der Waals surface area (Å²) in [5, 5.41) is 0. The Balaban J connectivity index is 1.40. The smallest absolute Gasteiger partial charge is 0.223 e. The van der Waals surface area contributed by atoms with Gasteiger partial charge in [-0.05, 0) is 49.8 Å². The molecule has 0 radical (unpaired) electrons. The number of likely N-dealkylation sites (tertiary alicyclic amines) is 2. The fourth-order valence-electron chi connectivity index (χ4n) is 4.97. The largest absolute Gasteiger partial charge is 0.336 e. The Labute approximate surface area is 163 Å². The number of rotatable bonds is 5. The van der Waals surface area contributed by atoms with Crippen LogP contribution in [-0.2, 0) is 17.8 Å². The molecule has 4 rings (SSSR count). The molecule has 142 valence electrons. The normalized spacial score (nSPS) is 23.0. The number of carbonyl (C=O) groups excluding carboxylic acids is 1. The second-order valence-corrected chi connectivity index (χ2v) is 8.16. The summed E-state index contributed by atoms with van der Waals surface area (Å²) in [6, 6.07) is 21.1. The van der Waals surface area contributed by atoms with Crippen LogP contribution in [0.15, 0.2) is 60.7 Å². The first-order chi connectivity index (χ1) is 13.3. The van der Waals surface area contributed by atoms with E-state index in [1.54, 1.807) is 0 Å². The van der Waals surface area contributed by atoms with Crippen LogP contribution in [0.2, 0.25) is 0 Å². The molecule has 2 aliphatic heterocycles. The Morgan fingerprint density at radius 3 is 2.19 bits per heavy atom. The molecule has 1 unspecified atom stereocenters. The maximum Gasteiger partial charge on any atom is 0.223 e. The Morgan fingerprint density at radius 1 is 0.852 bits per heavy atom. The summed E-state index contributed by atoms with van der Waals surface area (Å²) in [5.41, 5.74) is 2.70. The lowest BCUT2D eigenvalue weighted by Crippen LogP contribution is -2.57. The van der Waals surface area contributed by atoms with Gasteiger partial charge in [-0.3, -0.25) is 9.69 Å². The maximum atomic E-state index is 13.1. The first-order valence-corrected chi connectivity index (χ1v) is 10.4. The first-order valence-electron chi connectivity index (χ1n) is 10.4. The summed E-state index contributed by atoms with van der Waals surface area (Å²) in [6.07, 6.45) is 6.14. The third kappa shape index (κ3) is 4.24. The summed E-state index contributed by atoms with van der Waals surface area (Å²) in [7, 11) is 0. The minimum absolute atomic E-state index is 0.0702. The number of piperidine rings is 1. The van der Waals surface area contributed by atoms with Crippen molar-refractivity contribution >= 4 is 5.91 Å². The SMILES string of the molecule is O=C(CCc1ccccc1)N1CCCC12CCCN(Cc1ccccc1)C2. The minimum Gasteiger partial charge on any atom is -0.336 e. The highest BCUT2D eigenvalue weighted by Gasteiger charge is 2.45. The van der Waals surface area contributed by atoms with Gasteiger partial charge in [0, 0.05) is 26.1 Å². The lowest BCUT2D eigenvalue weighted by molar-refractivity contribution is -0.137. The molecule has 2 fully saturated rings. The monoisotopic (exact) mass is 362 g/mol. The van der Waals surface area contributed by atoms with Gasteiger partial charge >= 0.3 is 0 Å². The van der Waals surface area contributed by atoms with E-state index < -0.39 is 0 Å². The van der Waals surface area contributed by atoms with Crippen LogP contribution < -0.4 is 0 Å². The lowest BCUT2D eigenvalue weighted by Gasteiger charge is -2.46. The predicted molar refractivity (Wildman–Crippen MR) is 109 cm³/mol. The van der Waals surface area contributed by atoms with Crippen LogP contribution in [0.1, 0.15) is 43.2 Å². The zero-order chi connectivity index (χ0) is 18.5. The Bertz CT molecular complexity index is 745. The summed E-state index contributed by atoms with van der Waals surface area (Å²) in [5.74, 6) is 0.345. The number of aryl methyl sites for hydroxylation is 1. The van der Waals surface area contributed by atoms with Crippen LogP contribution in [0, 0.1) is 0 Å². The van der Waals surface area contributed by atoms with Crippen LogP contribution in [0.3, 0.4) is 0 Å². The third-order valence-electron chi connectivity index (χ3n) is 6.25. The molecular weight excluding hydrogens is 332 g/mol. The van der Waals surface area contributed by atoms with Gasteiger partial charge in [-0.25, -0.2) is 0 Å². The van der Waals surface area contributed by atoms with E-state index in [0.717, 1.165) is 51.9 Å². The average Bonchev–Trinajstić information content (AvgIpc) is 3.10. The Hall–Kier alpha value is -2.13. The van der Waals surface area contributed by atoms with Crippen LogP contribution in [0.4, 0.5) is 0 Å². The van der Waals surface area contributed by atoms with Crippen LogP contribution in [0.25, 0.3) is 0 Å². The van der Waals surface area contributed by atoms with E-state index in [4.69, 9.17) is 0 Å². The molecule has 27 heavy (non-hydrogen) atoms. The van der Waals surface area contributed by atoms with Gasteiger partial charge in [-0.15, -0.1) is 0 Å². The second kappa shape index (κ2) is 8.26. The fraction of sp³-hybridized carbons (Fsp3) is 0.458. The van der Waals surface area contributed by atoms with Crippen molar-refractivity contribution in [2.75, 3.05) is 19.6 Å². The van der Waals surface area contributed by atoms with Crippen molar-refractivity contribution in [1.82, 2.24) is 9.80 Å². The zero-order valence-corrected chi connectivity index (χ0v) is 16.1. The zero-order valence-electron chi connectivity index (χ0n) is 16.1. The Morgan fingerprint density at radius 2 is 1.48 bits per heavy atom. The summed E-state index contributed by atoms with van der Waals surface area (Å²) >= 11 is 0. The molecule has 0 bridgehead atoms. The van der Waals surface area contributed by atoms with E-state index in [0.29, 0.717) is 12.3 Å². The van der Waals surface area contributed by atoms with Crippen LogP contribution in [0.5, 0.6) is 0 Å². The van der Waals surface area contributed by atoms with Crippen molar-refractivity contribution in [1.29, 1.82) is 0 Å². The topological polar surface area (TPSA) is 23.6 Å². The van der Waals surface area contributed by atoms with Crippen LogP contribution >= 0.6 is 0 Å². The molecule has 3 nitrogen and oxygen atoms in total. The first kappa shape index (κ1) is 18.2. The van der Waals surface area contributed by atoms with Crippen LogP contribution in [-0.4, -0.2) is 40.9 Å². The predicted octanol–water partition coefficient (Wildman–Crippen LogP) is 4.28. The van der Waals surface area contributed by atoms with Gasteiger partial charge in [0.25, 0.3) is 0 Å². The molecule has 3 heteroatoms. The highest BCUT2D eigenvalue weighted by Crippen LogP contribution is 2.38. The molecule has 1 atom stereocenters. The van der Waals surface area contributed by atoms with Crippen molar-refractivity contribution in [3.8, 4) is 0 Å². The lowest BCUT2D eigenvalue weighted by atomic mass is 9.86. The van der Waals surface area contributed by atoms with Gasteiger partial charge in [0.1, 0.15) is 0 Å². The van der Waals surface area contributed by atoms with Crippen molar-refractivity contribution in [3.05, 3.63) is 71.8 Å². The van der Waals surface area contributed by atoms with Gasteiger partial charge in [0.15, 0.2) is 0 Å².